The molecule has 3 aromatic carbocycles. The van der Waals surface area contributed by atoms with E-state index in [2.05, 4.69) is 68.4 Å². The van der Waals surface area contributed by atoms with Crippen LogP contribution in [0.1, 0.15) is 117 Å². The molecule has 54 heavy (non-hydrogen) atoms. The number of carbonyl (C=O) groups is 1. The highest BCUT2D eigenvalue weighted by Gasteiger charge is 2.11. The maximum atomic E-state index is 10.5. The molecule has 0 bridgehead atoms. The van der Waals surface area contributed by atoms with E-state index in [-0.39, 0.29) is 13.2 Å². The Hall–Kier alpha value is -3.59. The molecule has 0 saturated heterocycles. The van der Waals surface area contributed by atoms with Crippen LogP contribution in [0.5, 0.6) is 17.2 Å². The van der Waals surface area contributed by atoms with Crippen LogP contribution in [0.25, 0.3) is 22.3 Å². The maximum absolute atomic E-state index is 10.5. The van der Waals surface area contributed by atoms with Gasteiger partial charge in [0.15, 0.2) is 0 Å². The Morgan fingerprint density at radius 3 is 1.37 bits per heavy atom. The van der Waals surface area contributed by atoms with E-state index < -0.39 is 5.97 Å². The fraction of sp³-hybridized carbons (Fsp3) is 0.587. The van der Waals surface area contributed by atoms with Crippen molar-refractivity contribution in [3.8, 4) is 39.5 Å². The second kappa shape index (κ2) is 29.7. The summed E-state index contributed by atoms with van der Waals surface area (Å²) in [5.74, 6) is 1.57. The molecule has 0 aliphatic carbocycles. The summed E-state index contributed by atoms with van der Waals surface area (Å²) >= 11 is 0. The van der Waals surface area contributed by atoms with Gasteiger partial charge in [-0.15, -0.1) is 0 Å². The molecule has 0 aromatic heterocycles. The predicted molar refractivity (Wildman–Crippen MR) is 219 cm³/mol. The molecule has 300 valence electrons. The monoisotopic (exact) mass is 748 g/mol. The lowest BCUT2D eigenvalue weighted by Gasteiger charge is -2.15. The van der Waals surface area contributed by atoms with Crippen molar-refractivity contribution >= 4 is 5.97 Å². The zero-order valence-electron chi connectivity index (χ0n) is 33.3. The first-order valence-electron chi connectivity index (χ1n) is 20.8. The average molecular weight is 749 g/mol. The maximum Gasteiger partial charge on any atom is 0.329 e. The van der Waals surface area contributed by atoms with E-state index >= 15 is 0 Å². The molecule has 8 heteroatoms. The van der Waals surface area contributed by atoms with Gasteiger partial charge in [-0.1, -0.05) is 140 Å². The zero-order chi connectivity index (χ0) is 38.3. The van der Waals surface area contributed by atoms with Gasteiger partial charge < -0.3 is 33.5 Å². The molecule has 0 fully saturated rings. The lowest BCUT2D eigenvalue weighted by Crippen LogP contribution is -2.14. The normalized spacial score (nSPS) is 11.1. The second-order valence-corrected chi connectivity index (χ2v) is 13.9. The van der Waals surface area contributed by atoms with Crippen molar-refractivity contribution in [1.82, 2.24) is 0 Å². The van der Waals surface area contributed by atoms with Crippen LogP contribution in [0.2, 0.25) is 0 Å². The van der Waals surface area contributed by atoms with Crippen LogP contribution in [0.3, 0.4) is 0 Å². The Balaban J connectivity index is 1.52. The van der Waals surface area contributed by atoms with E-state index in [0.29, 0.717) is 33.0 Å². The van der Waals surface area contributed by atoms with Crippen LogP contribution in [0.15, 0.2) is 66.7 Å². The van der Waals surface area contributed by atoms with Crippen molar-refractivity contribution in [2.24, 2.45) is 0 Å². The van der Waals surface area contributed by atoms with Crippen LogP contribution in [-0.2, 0) is 19.0 Å². The molecule has 8 nitrogen and oxygen atoms in total. The molecular weight excluding hydrogens is 680 g/mol. The van der Waals surface area contributed by atoms with Gasteiger partial charge in [0.1, 0.15) is 30.5 Å². The third-order valence-corrected chi connectivity index (χ3v) is 9.32. The Morgan fingerprint density at radius 2 is 0.870 bits per heavy atom. The van der Waals surface area contributed by atoms with Crippen LogP contribution in [0, 0.1) is 0 Å². The Kier molecular flexibility index (Phi) is 24.7. The van der Waals surface area contributed by atoms with Gasteiger partial charge in [0.25, 0.3) is 0 Å². The third-order valence-electron chi connectivity index (χ3n) is 9.32. The molecule has 0 aliphatic rings. The topological polar surface area (TPSA) is 92.7 Å². The number of hydrogen-bond donors (Lipinski definition) is 1. The molecule has 0 atom stereocenters. The van der Waals surface area contributed by atoms with Gasteiger partial charge in [-0.05, 0) is 59.9 Å². The molecule has 0 saturated carbocycles. The lowest BCUT2D eigenvalue weighted by molar-refractivity contribution is -0.142. The number of benzene rings is 3. The molecule has 0 aliphatic heterocycles. The summed E-state index contributed by atoms with van der Waals surface area (Å²) < 4.78 is 34.6. The molecule has 0 unspecified atom stereocenters. The van der Waals surface area contributed by atoms with Gasteiger partial charge >= 0.3 is 5.97 Å². The standard InChI is InChI=1S/C46H68O8/c1-3-5-7-9-11-13-15-17-29-52-42-24-19-39(20-25-42)41-23-28-44(45(37-41)54-36-35-50-32-31-49-33-34-51-38-46(47)48)40-21-26-43(27-22-40)53-30-18-16-14-12-10-8-6-4-2/h19-28,37H,3-18,29-36,38H2,1-2H3,(H,47,48). The number of hydrogen-bond acceptors (Lipinski definition) is 7. The SMILES string of the molecule is CCCCCCCCCCOc1ccc(-c2ccc(-c3ccc(OCCCCCCCCCC)cc3)c(OCCOCCOCCOCC(=O)O)c2)cc1. The van der Waals surface area contributed by atoms with Gasteiger partial charge in [0.2, 0.25) is 0 Å². The largest absolute Gasteiger partial charge is 0.494 e. The van der Waals surface area contributed by atoms with Crippen LogP contribution >= 0.6 is 0 Å². The highest BCUT2D eigenvalue weighted by Crippen LogP contribution is 2.35. The number of rotatable bonds is 34. The summed E-state index contributed by atoms with van der Waals surface area (Å²) in [7, 11) is 0. The van der Waals surface area contributed by atoms with Crippen molar-refractivity contribution in [1.29, 1.82) is 0 Å². The van der Waals surface area contributed by atoms with Crippen molar-refractivity contribution in [2.75, 3.05) is 59.5 Å². The summed E-state index contributed by atoms with van der Waals surface area (Å²) in [5, 5.41) is 8.63. The van der Waals surface area contributed by atoms with Gasteiger partial charge in [-0.25, -0.2) is 4.79 Å². The van der Waals surface area contributed by atoms with Gasteiger partial charge in [0, 0.05) is 5.56 Å². The van der Waals surface area contributed by atoms with Crippen LogP contribution in [-0.4, -0.2) is 70.5 Å². The molecular formula is C46H68O8. The van der Waals surface area contributed by atoms with E-state index in [1.165, 1.54) is 89.9 Å². The summed E-state index contributed by atoms with van der Waals surface area (Å²) in [4.78, 5) is 10.5. The molecule has 3 aromatic rings. The first kappa shape index (κ1) is 44.8. The van der Waals surface area contributed by atoms with Crippen LogP contribution < -0.4 is 14.2 Å². The van der Waals surface area contributed by atoms with Gasteiger partial charge in [0.05, 0.1) is 46.2 Å². The van der Waals surface area contributed by atoms with E-state index in [1.54, 1.807) is 0 Å². The van der Waals surface area contributed by atoms with Crippen molar-refractivity contribution in [3.63, 3.8) is 0 Å². The minimum atomic E-state index is -0.991. The number of carboxylic acids is 1. The van der Waals surface area contributed by atoms with Crippen molar-refractivity contribution in [3.05, 3.63) is 66.7 Å². The van der Waals surface area contributed by atoms with E-state index in [1.807, 2.05) is 12.1 Å². The van der Waals surface area contributed by atoms with Crippen molar-refractivity contribution in [2.45, 2.75) is 117 Å². The minimum absolute atomic E-state index is 0.232. The summed E-state index contributed by atoms with van der Waals surface area (Å²) in [5.41, 5.74) is 4.22. The highest BCUT2D eigenvalue weighted by atomic mass is 16.6. The zero-order valence-corrected chi connectivity index (χ0v) is 33.3. The fourth-order valence-corrected chi connectivity index (χ4v) is 6.20. The second-order valence-electron chi connectivity index (χ2n) is 13.9. The first-order chi connectivity index (χ1) is 26.6. The van der Waals surface area contributed by atoms with E-state index in [4.69, 9.17) is 33.5 Å². The highest BCUT2D eigenvalue weighted by molar-refractivity contribution is 5.77. The molecule has 1 N–H and O–H groups in total. The smallest absolute Gasteiger partial charge is 0.329 e. The number of ether oxygens (including phenoxy) is 6. The molecule has 0 spiro atoms. The van der Waals surface area contributed by atoms with Crippen molar-refractivity contribution < 1.29 is 38.3 Å². The minimum Gasteiger partial charge on any atom is -0.494 e. The van der Waals surface area contributed by atoms with Gasteiger partial charge in [-0.3, -0.25) is 0 Å². The number of carboxylic acid groups (broad SMARTS) is 1. The average Bonchev–Trinajstić information content (AvgIpc) is 3.19. The summed E-state index contributed by atoms with van der Waals surface area (Å²) in [6, 6.07) is 22.9. The molecule has 3 rings (SSSR count). The lowest BCUT2D eigenvalue weighted by atomic mass is 9.99. The third kappa shape index (κ3) is 20.2. The first-order valence-corrected chi connectivity index (χ1v) is 20.8. The Bertz CT molecular complexity index is 1360. The van der Waals surface area contributed by atoms with E-state index in [9.17, 15) is 4.79 Å². The Labute approximate surface area is 325 Å². The molecule has 0 amide bonds. The van der Waals surface area contributed by atoms with Crippen LogP contribution in [0.4, 0.5) is 0 Å². The number of unbranched alkanes of at least 4 members (excludes halogenated alkanes) is 14. The number of aliphatic carboxylic acids is 1. The Morgan fingerprint density at radius 1 is 0.444 bits per heavy atom. The summed E-state index contributed by atoms with van der Waals surface area (Å²) in [6.45, 7) is 7.81. The molecule has 0 heterocycles. The van der Waals surface area contributed by atoms with E-state index in [0.717, 1.165) is 65.6 Å². The fourth-order valence-electron chi connectivity index (χ4n) is 6.20. The summed E-state index contributed by atoms with van der Waals surface area (Å²) in [6.07, 6.45) is 20.5. The quantitative estimate of drug-likeness (QED) is 0.0604. The van der Waals surface area contributed by atoms with Gasteiger partial charge in [-0.2, -0.15) is 0 Å². The predicted octanol–water partition coefficient (Wildman–Crippen LogP) is 11.6. The molecule has 0 radical (unpaired) electrons.